The number of nitrogens with zero attached hydrogens (tertiary/aromatic N) is 3. The minimum Gasteiger partial charge on any atom is -0.381 e. The van der Waals surface area contributed by atoms with Gasteiger partial charge in [0.15, 0.2) is 0 Å². The largest absolute Gasteiger partial charge is 0.381 e. The Balaban J connectivity index is 1.73. The lowest BCUT2D eigenvalue weighted by Gasteiger charge is -2.31. The first-order valence-electron chi connectivity index (χ1n) is 6.94. The summed E-state index contributed by atoms with van der Waals surface area (Å²) >= 11 is 0. The van der Waals surface area contributed by atoms with Gasteiger partial charge < -0.3 is 4.74 Å². The first kappa shape index (κ1) is 12.2. The van der Waals surface area contributed by atoms with E-state index in [1.807, 2.05) is 0 Å². The molecule has 4 nitrogen and oxygen atoms in total. The Morgan fingerprint density at radius 1 is 1.22 bits per heavy atom. The van der Waals surface area contributed by atoms with Crippen molar-refractivity contribution < 1.29 is 4.74 Å². The molecule has 2 aliphatic heterocycles. The van der Waals surface area contributed by atoms with Gasteiger partial charge in [0, 0.05) is 43.6 Å². The summed E-state index contributed by atoms with van der Waals surface area (Å²) in [5.41, 5.74) is 2.92. The number of hydrogen-bond donors (Lipinski definition) is 0. The van der Waals surface area contributed by atoms with E-state index in [2.05, 4.69) is 36.5 Å². The topological polar surface area (TPSA) is 30.3 Å². The third-order valence-corrected chi connectivity index (χ3v) is 4.11. The van der Waals surface area contributed by atoms with E-state index in [1.54, 1.807) is 0 Å². The lowest BCUT2D eigenvalue weighted by molar-refractivity contribution is 0.0655. The molecule has 0 aliphatic carbocycles. The summed E-state index contributed by atoms with van der Waals surface area (Å²) in [5, 5.41) is 4.80. The molecule has 1 saturated heterocycles. The zero-order chi connectivity index (χ0) is 12.8. The van der Waals surface area contributed by atoms with Crippen molar-refractivity contribution in [3.05, 3.63) is 17.5 Å². The lowest BCUT2D eigenvalue weighted by atomic mass is 10.1. The van der Waals surface area contributed by atoms with Crippen LogP contribution in [0.5, 0.6) is 0 Å². The second-order valence-electron chi connectivity index (χ2n) is 6.45. The van der Waals surface area contributed by atoms with Gasteiger partial charge in [-0.15, -0.1) is 0 Å². The Morgan fingerprint density at radius 2 is 1.94 bits per heavy atom. The molecule has 0 bridgehead atoms. The van der Waals surface area contributed by atoms with Gasteiger partial charge in [-0.1, -0.05) is 0 Å². The van der Waals surface area contributed by atoms with E-state index in [4.69, 9.17) is 9.84 Å². The lowest BCUT2D eigenvalue weighted by Crippen LogP contribution is -2.37. The second-order valence-corrected chi connectivity index (χ2v) is 6.45. The highest BCUT2D eigenvalue weighted by Gasteiger charge is 2.31. The normalized spacial score (nSPS) is 22.4. The van der Waals surface area contributed by atoms with E-state index < -0.39 is 0 Å². The zero-order valence-corrected chi connectivity index (χ0v) is 11.6. The summed E-state index contributed by atoms with van der Waals surface area (Å²) in [6, 6.07) is 0.549. The highest BCUT2D eigenvalue weighted by Crippen LogP contribution is 2.30. The summed E-state index contributed by atoms with van der Waals surface area (Å²) in [4.78, 5) is 2.49. The fraction of sp³-hybridized carbons (Fsp3) is 0.786. The molecule has 0 amide bonds. The molecule has 1 aromatic rings. The summed E-state index contributed by atoms with van der Waals surface area (Å²) in [5.74, 6) is 0. The fourth-order valence-electron chi connectivity index (χ4n) is 2.79. The predicted octanol–water partition coefficient (Wildman–Crippen LogP) is 2.35. The van der Waals surface area contributed by atoms with E-state index in [0.717, 1.165) is 39.1 Å². The monoisotopic (exact) mass is 249 g/mol. The molecular weight excluding hydrogens is 226 g/mol. The van der Waals surface area contributed by atoms with Crippen LogP contribution in [0.25, 0.3) is 0 Å². The molecule has 0 aromatic carbocycles. The average Bonchev–Trinajstić information content (AvgIpc) is 2.86. The van der Waals surface area contributed by atoms with Gasteiger partial charge in [-0.3, -0.25) is 9.58 Å². The van der Waals surface area contributed by atoms with E-state index in [9.17, 15) is 0 Å². The quantitative estimate of drug-likeness (QED) is 0.765. The van der Waals surface area contributed by atoms with Crippen LogP contribution in [0.4, 0.5) is 0 Å². The maximum atomic E-state index is 5.41. The van der Waals surface area contributed by atoms with E-state index >= 15 is 0 Å². The van der Waals surface area contributed by atoms with Crippen molar-refractivity contribution in [2.75, 3.05) is 13.2 Å². The number of rotatable bonds is 1. The van der Waals surface area contributed by atoms with Crippen molar-refractivity contribution in [1.82, 2.24) is 14.7 Å². The van der Waals surface area contributed by atoms with Gasteiger partial charge in [-0.05, 0) is 33.6 Å². The van der Waals surface area contributed by atoms with Crippen LogP contribution in [0.1, 0.15) is 50.9 Å². The van der Waals surface area contributed by atoms with Gasteiger partial charge in [0.05, 0.1) is 11.7 Å². The van der Waals surface area contributed by atoms with Crippen LogP contribution in [0.2, 0.25) is 0 Å². The third kappa shape index (κ3) is 2.19. The Hall–Kier alpha value is -0.870. The molecule has 3 rings (SSSR count). The van der Waals surface area contributed by atoms with Gasteiger partial charge in [-0.2, -0.15) is 5.10 Å². The minimum atomic E-state index is 0.233. The van der Waals surface area contributed by atoms with E-state index in [0.29, 0.717) is 6.04 Å². The van der Waals surface area contributed by atoms with Crippen LogP contribution in [0, 0.1) is 0 Å². The molecule has 0 atom stereocenters. The van der Waals surface area contributed by atoms with E-state index in [-0.39, 0.29) is 5.54 Å². The van der Waals surface area contributed by atoms with Crippen molar-refractivity contribution in [3.8, 4) is 0 Å². The van der Waals surface area contributed by atoms with Crippen LogP contribution < -0.4 is 0 Å². The number of hydrogen-bond acceptors (Lipinski definition) is 3. The van der Waals surface area contributed by atoms with Gasteiger partial charge in [-0.25, -0.2) is 0 Å². The predicted molar refractivity (Wildman–Crippen MR) is 70.3 cm³/mol. The van der Waals surface area contributed by atoms with Gasteiger partial charge in [0.1, 0.15) is 0 Å². The van der Waals surface area contributed by atoms with Crippen LogP contribution in [-0.2, 0) is 17.8 Å². The van der Waals surface area contributed by atoms with Crippen molar-refractivity contribution in [2.24, 2.45) is 0 Å². The molecule has 1 aromatic heterocycles. The number of aromatic nitrogens is 2. The zero-order valence-electron chi connectivity index (χ0n) is 11.6. The van der Waals surface area contributed by atoms with Gasteiger partial charge >= 0.3 is 0 Å². The van der Waals surface area contributed by atoms with Crippen LogP contribution in [0.15, 0.2) is 6.20 Å². The first-order valence-corrected chi connectivity index (χ1v) is 6.94. The van der Waals surface area contributed by atoms with E-state index in [1.165, 1.54) is 11.3 Å². The molecule has 2 aliphatic rings. The Labute approximate surface area is 109 Å². The van der Waals surface area contributed by atoms with Crippen LogP contribution >= 0.6 is 0 Å². The summed E-state index contributed by atoms with van der Waals surface area (Å²) in [6.45, 7) is 10.6. The standard InChI is InChI=1S/C14H23N3O/c1-14(2,3)16-8-11-9-17(15-13(11)10-16)12-4-6-18-7-5-12/h9,12H,4-8,10H2,1-3H3. The van der Waals surface area contributed by atoms with Crippen molar-refractivity contribution in [3.63, 3.8) is 0 Å². The maximum Gasteiger partial charge on any atom is 0.0810 e. The highest BCUT2D eigenvalue weighted by atomic mass is 16.5. The maximum absolute atomic E-state index is 5.41. The highest BCUT2D eigenvalue weighted by molar-refractivity contribution is 5.22. The Bertz CT molecular complexity index is 403. The minimum absolute atomic E-state index is 0.233. The smallest absolute Gasteiger partial charge is 0.0810 e. The molecule has 100 valence electrons. The molecule has 18 heavy (non-hydrogen) atoms. The SMILES string of the molecule is CC(C)(C)N1Cc2cn(C3CCOCC3)nc2C1. The summed E-state index contributed by atoms with van der Waals surface area (Å²) < 4.78 is 7.60. The fourth-order valence-corrected chi connectivity index (χ4v) is 2.79. The van der Waals surface area contributed by atoms with Crippen molar-refractivity contribution >= 4 is 0 Å². The summed E-state index contributed by atoms with van der Waals surface area (Å²) in [7, 11) is 0. The second kappa shape index (κ2) is 4.35. The van der Waals surface area contributed by atoms with Gasteiger partial charge in [0.2, 0.25) is 0 Å². The molecule has 4 heteroatoms. The Morgan fingerprint density at radius 3 is 2.56 bits per heavy atom. The number of fused-ring (bicyclic) bond motifs is 1. The third-order valence-electron chi connectivity index (χ3n) is 4.11. The van der Waals surface area contributed by atoms with Crippen LogP contribution in [0.3, 0.4) is 0 Å². The molecule has 0 spiro atoms. The molecule has 0 radical (unpaired) electrons. The van der Waals surface area contributed by atoms with Gasteiger partial charge in [0.25, 0.3) is 0 Å². The average molecular weight is 249 g/mol. The number of ether oxygens (including phenoxy) is 1. The molecule has 0 saturated carbocycles. The van der Waals surface area contributed by atoms with Crippen molar-refractivity contribution in [2.45, 2.75) is 58.3 Å². The first-order chi connectivity index (χ1) is 8.54. The Kier molecular flexibility index (Phi) is 2.94. The summed E-state index contributed by atoms with van der Waals surface area (Å²) in [6.07, 6.45) is 4.46. The molecular formula is C14H23N3O. The molecule has 0 N–H and O–H groups in total. The van der Waals surface area contributed by atoms with Crippen LogP contribution in [-0.4, -0.2) is 33.4 Å². The molecule has 1 fully saturated rings. The molecule has 0 unspecified atom stereocenters. The molecule has 3 heterocycles. The van der Waals surface area contributed by atoms with Crippen molar-refractivity contribution in [1.29, 1.82) is 0 Å².